The number of hydrogen-bond acceptors (Lipinski definition) is 6. The zero-order valence-corrected chi connectivity index (χ0v) is 21.8. The number of aryl methyl sites for hydroxylation is 1. The second kappa shape index (κ2) is 9.84. The van der Waals surface area contributed by atoms with E-state index in [0.29, 0.717) is 29.8 Å². The maximum absolute atomic E-state index is 13.8. The van der Waals surface area contributed by atoms with E-state index in [1.807, 2.05) is 11.8 Å². The number of piperazine rings is 1. The van der Waals surface area contributed by atoms with Gasteiger partial charge in [-0.05, 0) is 54.4 Å². The van der Waals surface area contributed by atoms with Crippen LogP contribution in [0.5, 0.6) is 0 Å². The second-order valence-electron chi connectivity index (χ2n) is 10.2. The first kappa shape index (κ1) is 25.6. The van der Waals surface area contributed by atoms with Crippen LogP contribution in [0.3, 0.4) is 0 Å². The van der Waals surface area contributed by atoms with E-state index in [4.69, 9.17) is 11.3 Å². The summed E-state index contributed by atoms with van der Waals surface area (Å²) in [6.45, 7) is 10.4. The molecule has 2 aromatic heterocycles. The molecule has 2 atom stereocenters. The SMILES string of the molecule is [C-]#[N+]c1ccc2c(n1)c1c(c(=O)n2C)C(=O)OC[C@H]2CN(C(c3ccc(F)cc3)c3ccc(F)cc3)[C@H](C)CN12. The van der Waals surface area contributed by atoms with Gasteiger partial charge in [0, 0.05) is 26.2 Å². The molecule has 4 heterocycles. The highest BCUT2D eigenvalue weighted by Gasteiger charge is 2.43. The molecule has 40 heavy (non-hydrogen) atoms. The number of hydrogen-bond donors (Lipinski definition) is 0. The average Bonchev–Trinajstić information content (AvgIpc) is 3.10. The van der Waals surface area contributed by atoms with E-state index < -0.39 is 11.5 Å². The highest BCUT2D eigenvalue weighted by molar-refractivity contribution is 6.05. The quantitative estimate of drug-likeness (QED) is 0.279. The molecular formula is C30H25F2N5O3. The standard InChI is InChI=1S/C30H25F2N5O3/c1-17-14-37-22(15-36(17)27(18-4-8-20(31)9-5-18)19-6-10-21(32)11-7-19)16-40-30(39)25-28(37)26-23(35(3)29(25)38)12-13-24(33-2)34-26/h4-13,17,22,27H,14-16H2,1,3H3/t17-,22-/m1/s1. The van der Waals surface area contributed by atoms with Crippen molar-refractivity contribution in [2.24, 2.45) is 7.05 Å². The third-order valence-corrected chi connectivity index (χ3v) is 7.81. The number of rotatable bonds is 3. The lowest BCUT2D eigenvalue weighted by Crippen LogP contribution is -2.59. The Labute approximate surface area is 228 Å². The van der Waals surface area contributed by atoms with Gasteiger partial charge in [0.1, 0.15) is 23.9 Å². The third-order valence-electron chi connectivity index (χ3n) is 7.81. The molecule has 2 aliphatic heterocycles. The minimum absolute atomic E-state index is 0.0312. The largest absolute Gasteiger partial charge is 0.460 e. The number of anilines is 1. The van der Waals surface area contributed by atoms with Crippen molar-refractivity contribution in [3.63, 3.8) is 0 Å². The van der Waals surface area contributed by atoms with E-state index in [-0.39, 0.29) is 47.7 Å². The molecule has 10 heteroatoms. The Morgan fingerprint density at radius 1 is 0.975 bits per heavy atom. The first-order chi connectivity index (χ1) is 19.3. The lowest BCUT2D eigenvalue weighted by molar-refractivity contribution is 0.0420. The van der Waals surface area contributed by atoms with Crippen LogP contribution < -0.4 is 10.5 Å². The number of pyridine rings is 2. The Hall–Kier alpha value is -4.62. The van der Waals surface area contributed by atoms with Crippen molar-refractivity contribution in [1.29, 1.82) is 0 Å². The molecule has 6 rings (SSSR count). The van der Waals surface area contributed by atoms with Gasteiger partial charge in [0.2, 0.25) is 5.52 Å². The predicted octanol–water partition coefficient (Wildman–Crippen LogP) is 4.60. The summed E-state index contributed by atoms with van der Waals surface area (Å²) in [6.07, 6.45) is 0. The van der Waals surface area contributed by atoms with Gasteiger partial charge in [-0.2, -0.15) is 0 Å². The maximum atomic E-state index is 13.8. The Morgan fingerprint density at radius 3 is 2.20 bits per heavy atom. The highest BCUT2D eigenvalue weighted by Crippen LogP contribution is 2.39. The van der Waals surface area contributed by atoms with Crippen LogP contribution in [0.25, 0.3) is 15.9 Å². The number of cyclic esters (lactones) is 1. The van der Waals surface area contributed by atoms with Crippen molar-refractivity contribution in [3.05, 3.63) is 111 Å². The van der Waals surface area contributed by atoms with E-state index >= 15 is 0 Å². The molecule has 0 amide bonds. The van der Waals surface area contributed by atoms with Crippen LogP contribution in [0.2, 0.25) is 0 Å². The average molecular weight is 542 g/mol. The molecule has 0 bridgehead atoms. The molecule has 1 saturated heterocycles. The molecule has 202 valence electrons. The van der Waals surface area contributed by atoms with Crippen molar-refractivity contribution in [3.8, 4) is 0 Å². The van der Waals surface area contributed by atoms with Crippen LogP contribution in [-0.2, 0) is 11.8 Å². The van der Waals surface area contributed by atoms with Gasteiger partial charge in [-0.1, -0.05) is 30.8 Å². The van der Waals surface area contributed by atoms with Crippen molar-refractivity contribution < 1.29 is 18.3 Å². The summed E-state index contributed by atoms with van der Waals surface area (Å²) in [6, 6.07) is 14.9. The molecule has 0 radical (unpaired) electrons. The molecule has 4 aromatic rings. The van der Waals surface area contributed by atoms with Crippen LogP contribution in [0.4, 0.5) is 20.3 Å². The topological polar surface area (TPSA) is 72.0 Å². The van der Waals surface area contributed by atoms with E-state index in [1.165, 1.54) is 28.8 Å². The van der Waals surface area contributed by atoms with E-state index in [1.54, 1.807) is 43.4 Å². The molecule has 0 unspecified atom stereocenters. The first-order valence-electron chi connectivity index (χ1n) is 12.9. The Kier molecular flexibility index (Phi) is 6.31. The van der Waals surface area contributed by atoms with Crippen LogP contribution in [0.1, 0.15) is 34.5 Å². The van der Waals surface area contributed by atoms with Crippen molar-refractivity contribution in [2.45, 2.75) is 25.0 Å². The third kappa shape index (κ3) is 4.19. The summed E-state index contributed by atoms with van der Waals surface area (Å²) in [5, 5.41) is 0. The monoisotopic (exact) mass is 541 g/mol. The molecule has 0 saturated carbocycles. The van der Waals surface area contributed by atoms with Crippen LogP contribution >= 0.6 is 0 Å². The zero-order chi connectivity index (χ0) is 28.1. The summed E-state index contributed by atoms with van der Waals surface area (Å²) >= 11 is 0. The fourth-order valence-corrected chi connectivity index (χ4v) is 5.86. The number of carbonyl (C=O) groups excluding carboxylic acids is 1. The van der Waals surface area contributed by atoms with Gasteiger partial charge >= 0.3 is 5.97 Å². The van der Waals surface area contributed by atoms with Gasteiger partial charge in [-0.3, -0.25) is 9.69 Å². The summed E-state index contributed by atoms with van der Waals surface area (Å²) in [5.74, 6) is -1.28. The summed E-state index contributed by atoms with van der Waals surface area (Å²) < 4.78 is 34.7. The number of carbonyl (C=O) groups is 1. The summed E-state index contributed by atoms with van der Waals surface area (Å²) in [4.78, 5) is 38.8. The number of halogens is 2. The first-order valence-corrected chi connectivity index (χ1v) is 12.9. The smallest absolute Gasteiger partial charge is 0.346 e. The van der Waals surface area contributed by atoms with Gasteiger partial charge in [0.15, 0.2) is 5.56 Å². The molecule has 1 fully saturated rings. The number of ether oxygens (including phenoxy) is 1. The van der Waals surface area contributed by atoms with Gasteiger partial charge in [-0.25, -0.2) is 13.6 Å². The van der Waals surface area contributed by atoms with E-state index in [2.05, 4.69) is 14.7 Å². The van der Waals surface area contributed by atoms with Gasteiger partial charge in [0.25, 0.3) is 11.4 Å². The maximum Gasteiger partial charge on any atom is 0.346 e. The van der Waals surface area contributed by atoms with Crippen molar-refractivity contribution >= 4 is 28.5 Å². The van der Waals surface area contributed by atoms with Gasteiger partial charge in [-0.15, -0.1) is 4.98 Å². The van der Waals surface area contributed by atoms with Crippen LogP contribution in [-0.4, -0.2) is 52.2 Å². The molecule has 0 aliphatic carbocycles. The Morgan fingerprint density at radius 2 is 1.60 bits per heavy atom. The van der Waals surface area contributed by atoms with Gasteiger partial charge < -0.3 is 19.0 Å². The minimum Gasteiger partial charge on any atom is -0.460 e. The number of benzene rings is 2. The molecule has 2 aliphatic rings. The second-order valence-corrected chi connectivity index (χ2v) is 10.2. The van der Waals surface area contributed by atoms with E-state index in [9.17, 15) is 18.4 Å². The minimum atomic E-state index is -0.727. The van der Waals surface area contributed by atoms with Gasteiger partial charge in [0.05, 0.1) is 17.6 Å². The fourth-order valence-electron chi connectivity index (χ4n) is 5.86. The summed E-state index contributed by atoms with van der Waals surface area (Å²) in [5.41, 5.74) is 2.36. The van der Waals surface area contributed by atoms with E-state index in [0.717, 1.165) is 11.1 Å². The summed E-state index contributed by atoms with van der Waals surface area (Å²) in [7, 11) is 1.57. The molecule has 2 aromatic carbocycles. The molecule has 8 nitrogen and oxygen atoms in total. The fraction of sp³-hybridized carbons (Fsp3) is 0.267. The predicted molar refractivity (Wildman–Crippen MR) is 145 cm³/mol. The van der Waals surface area contributed by atoms with Crippen LogP contribution in [0, 0.1) is 18.2 Å². The number of esters is 1. The Bertz CT molecular complexity index is 1690. The number of nitrogens with zero attached hydrogens (tertiary/aromatic N) is 5. The molecule has 0 spiro atoms. The molecular weight excluding hydrogens is 516 g/mol. The number of fused-ring (bicyclic) bond motifs is 5. The van der Waals surface area contributed by atoms with Crippen molar-refractivity contribution in [2.75, 3.05) is 24.6 Å². The highest BCUT2D eigenvalue weighted by atomic mass is 19.1. The lowest BCUT2D eigenvalue weighted by Gasteiger charge is -2.48. The number of aromatic nitrogens is 2. The van der Waals surface area contributed by atoms with Crippen molar-refractivity contribution in [1.82, 2.24) is 14.5 Å². The molecule has 0 N–H and O–H groups in total. The zero-order valence-electron chi connectivity index (χ0n) is 21.8. The van der Waals surface area contributed by atoms with Crippen LogP contribution in [0.15, 0.2) is 65.5 Å². The lowest BCUT2D eigenvalue weighted by atomic mass is 9.93. The Balaban J connectivity index is 1.48. The normalized spacial score (nSPS) is 19.1.